The molecule has 1 heterocycles. The fourth-order valence-electron chi connectivity index (χ4n) is 1.18. The molecule has 0 aliphatic rings. The molecule has 0 aliphatic carbocycles. The summed E-state index contributed by atoms with van der Waals surface area (Å²) in [7, 11) is 0. The molecule has 0 N–H and O–H groups in total. The topological polar surface area (TPSA) is 12.9 Å². The van der Waals surface area contributed by atoms with Crippen LogP contribution in [0.3, 0.4) is 0 Å². The predicted octanol–water partition coefficient (Wildman–Crippen LogP) is 2.42. The summed E-state index contributed by atoms with van der Waals surface area (Å²) in [5.41, 5.74) is 0.989. The highest BCUT2D eigenvalue weighted by atomic mass is 14.6. The Balaban J connectivity index is 2.91. The predicted molar refractivity (Wildman–Crippen MR) is 46.2 cm³/mol. The lowest BCUT2D eigenvalue weighted by molar-refractivity contribution is 1.34. The SMILES string of the molecule is [CH2]c1cncc2ccccc12. The van der Waals surface area contributed by atoms with E-state index in [1.807, 2.05) is 24.4 Å². The van der Waals surface area contributed by atoms with E-state index in [0.717, 1.165) is 10.9 Å². The summed E-state index contributed by atoms with van der Waals surface area (Å²) in [6.07, 6.45) is 3.63. The summed E-state index contributed by atoms with van der Waals surface area (Å²) in [4.78, 5) is 4.05. The summed E-state index contributed by atoms with van der Waals surface area (Å²) < 4.78 is 0. The fourth-order valence-corrected chi connectivity index (χ4v) is 1.18. The van der Waals surface area contributed by atoms with Crippen LogP contribution in [0.15, 0.2) is 36.7 Å². The molecule has 1 heteroatoms. The van der Waals surface area contributed by atoms with E-state index >= 15 is 0 Å². The fraction of sp³-hybridized carbons (Fsp3) is 0. The van der Waals surface area contributed by atoms with Crippen molar-refractivity contribution in [3.63, 3.8) is 0 Å². The van der Waals surface area contributed by atoms with Gasteiger partial charge >= 0.3 is 0 Å². The van der Waals surface area contributed by atoms with Gasteiger partial charge in [-0.15, -0.1) is 0 Å². The number of rotatable bonds is 0. The van der Waals surface area contributed by atoms with Gasteiger partial charge in [-0.05, 0) is 17.9 Å². The second-order valence-electron chi connectivity index (χ2n) is 2.52. The van der Waals surface area contributed by atoms with Crippen molar-refractivity contribution in [3.05, 3.63) is 49.1 Å². The van der Waals surface area contributed by atoms with Crippen molar-refractivity contribution in [1.29, 1.82) is 0 Å². The molecule has 0 unspecified atom stereocenters. The Morgan fingerprint density at radius 2 is 1.91 bits per heavy atom. The maximum Gasteiger partial charge on any atom is 0.0346 e. The van der Waals surface area contributed by atoms with Crippen LogP contribution >= 0.6 is 0 Å². The zero-order valence-corrected chi connectivity index (χ0v) is 6.12. The zero-order chi connectivity index (χ0) is 7.68. The first-order valence-corrected chi connectivity index (χ1v) is 3.52. The third-order valence-electron chi connectivity index (χ3n) is 1.75. The largest absolute Gasteiger partial charge is 0.264 e. The van der Waals surface area contributed by atoms with E-state index in [1.54, 1.807) is 6.20 Å². The molecule has 11 heavy (non-hydrogen) atoms. The smallest absolute Gasteiger partial charge is 0.0346 e. The minimum Gasteiger partial charge on any atom is -0.264 e. The van der Waals surface area contributed by atoms with Gasteiger partial charge in [0.05, 0.1) is 0 Å². The van der Waals surface area contributed by atoms with Gasteiger partial charge in [-0.1, -0.05) is 24.3 Å². The van der Waals surface area contributed by atoms with Crippen LogP contribution in [0.2, 0.25) is 0 Å². The summed E-state index contributed by atoms with van der Waals surface area (Å²) in [6, 6.07) is 8.11. The molecular formula is C10H8N. The molecule has 0 saturated heterocycles. The van der Waals surface area contributed by atoms with E-state index in [1.165, 1.54) is 5.39 Å². The number of benzene rings is 1. The molecule has 1 aromatic heterocycles. The van der Waals surface area contributed by atoms with Gasteiger partial charge in [-0.3, -0.25) is 4.98 Å². The van der Waals surface area contributed by atoms with Crippen LogP contribution in [-0.2, 0) is 0 Å². The van der Waals surface area contributed by atoms with Gasteiger partial charge in [-0.2, -0.15) is 0 Å². The quantitative estimate of drug-likeness (QED) is 0.550. The van der Waals surface area contributed by atoms with Crippen molar-refractivity contribution in [2.75, 3.05) is 0 Å². The molecule has 0 amide bonds. The third-order valence-corrected chi connectivity index (χ3v) is 1.75. The van der Waals surface area contributed by atoms with Gasteiger partial charge < -0.3 is 0 Å². The van der Waals surface area contributed by atoms with E-state index < -0.39 is 0 Å². The average Bonchev–Trinajstić information content (AvgIpc) is 2.06. The highest BCUT2D eigenvalue weighted by Gasteiger charge is 1.93. The van der Waals surface area contributed by atoms with Crippen LogP contribution < -0.4 is 0 Å². The third kappa shape index (κ3) is 0.984. The Kier molecular flexibility index (Phi) is 1.35. The van der Waals surface area contributed by atoms with E-state index in [-0.39, 0.29) is 0 Å². The van der Waals surface area contributed by atoms with Crippen molar-refractivity contribution >= 4 is 10.8 Å². The van der Waals surface area contributed by atoms with Gasteiger partial charge in [-0.25, -0.2) is 0 Å². The van der Waals surface area contributed by atoms with Gasteiger partial charge in [0, 0.05) is 17.8 Å². The number of hydrogen-bond acceptors (Lipinski definition) is 1. The summed E-state index contributed by atoms with van der Waals surface area (Å²) in [5.74, 6) is 0. The van der Waals surface area contributed by atoms with Crippen molar-refractivity contribution in [1.82, 2.24) is 4.98 Å². The number of nitrogens with zero attached hydrogens (tertiary/aromatic N) is 1. The molecule has 0 fully saturated rings. The molecular weight excluding hydrogens is 134 g/mol. The highest BCUT2D eigenvalue weighted by Crippen LogP contribution is 2.14. The van der Waals surface area contributed by atoms with Crippen molar-refractivity contribution in [2.45, 2.75) is 0 Å². The van der Waals surface area contributed by atoms with Crippen molar-refractivity contribution < 1.29 is 0 Å². The first-order chi connectivity index (χ1) is 5.38. The molecule has 0 aliphatic heterocycles. The second kappa shape index (κ2) is 2.35. The summed E-state index contributed by atoms with van der Waals surface area (Å²) in [6.45, 7) is 3.89. The first kappa shape index (κ1) is 6.35. The molecule has 1 radical (unpaired) electrons. The summed E-state index contributed by atoms with van der Waals surface area (Å²) >= 11 is 0. The molecule has 2 rings (SSSR count). The highest BCUT2D eigenvalue weighted by molar-refractivity contribution is 5.85. The van der Waals surface area contributed by atoms with E-state index in [9.17, 15) is 0 Å². The Morgan fingerprint density at radius 1 is 1.09 bits per heavy atom. The molecule has 0 saturated carbocycles. The number of hydrogen-bond donors (Lipinski definition) is 0. The number of aromatic nitrogens is 1. The Morgan fingerprint density at radius 3 is 2.73 bits per heavy atom. The molecule has 0 bridgehead atoms. The zero-order valence-electron chi connectivity index (χ0n) is 6.12. The Bertz CT molecular complexity index is 374. The van der Waals surface area contributed by atoms with Gasteiger partial charge in [0.1, 0.15) is 0 Å². The van der Waals surface area contributed by atoms with Crippen LogP contribution in [0.4, 0.5) is 0 Å². The molecule has 1 nitrogen and oxygen atoms in total. The average molecular weight is 142 g/mol. The van der Waals surface area contributed by atoms with Crippen molar-refractivity contribution in [3.8, 4) is 0 Å². The monoisotopic (exact) mass is 142 g/mol. The van der Waals surface area contributed by atoms with Crippen LogP contribution in [0, 0.1) is 6.92 Å². The number of fused-ring (bicyclic) bond motifs is 1. The molecule has 1 aromatic carbocycles. The van der Waals surface area contributed by atoms with E-state index in [4.69, 9.17) is 0 Å². The van der Waals surface area contributed by atoms with Crippen LogP contribution in [0.1, 0.15) is 5.56 Å². The minimum absolute atomic E-state index is 0.989. The molecule has 53 valence electrons. The minimum atomic E-state index is 0.989. The Labute approximate surface area is 65.7 Å². The maximum absolute atomic E-state index is 4.05. The Hall–Kier alpha value is -1.37. The summed E-state index contributed by atoms with van der Waals surface area (Å²) in [5, 5.41) is 2.34. The molecule has 0 atom stereocenters. The van der Waals surface area contributed by atoms with E-state index in [2.05, 4.69) is 18.0 Å². The lowest BCUT2D eigenvalue weighted by Crippen LogP contribution is -1.79. The van der Waals surface area contributed by atoms with Crippen LogP contribution in [0.5, 0.6) is 0 Å². The lowest BCUT2D eigenvalue weighted by Gasteiger charge is -1.97. The van der Waals surface area contributed by atoms with Crippen molar-refractivity contribution in [2.24, 2.45) is 0 Å². The lowest BCUT2D eigenvalue weighted by atomic mass is 10.1. The standard InChI is InChI=1S/C10H8N/c1-8-6-11-7-9-4-2-3-5-10(8)9/h2-7H,1H2. The second-order valence-corrected chi connectivity index (χ2v) is 2.52. The normalized spacial score (nSPS) is 10.3. The van der Waals surface area contributed by atoms with E-state index in [0.29, 0.717) is 0 Å². The molecule has 2 aromatic rings. The van der Waals surface area contributed by atoms with Gasteiger partial charge in [0.25, 0.3) is 0 Å². The van der Waals surface area contributed by atoms with Gasteiger partial charge in [0.15, 0.2) is 0 Å². The van der Waals surface area contributed by atoms with Crippen LogP contribution in [0.25, 0.3) is 10.8 Å². The van der Waals surface area contributed by atoms with Gasteiger partial charge in [0.2, 0.25) is 0 Å². The van der Waals surface area contributed by atoms with Crippen LogP contribution in [-0.4, -0.2) is 4.98 Å². The number of pyridine rings is 1. The molecule has 0 spiro atoms. The maximum atomic E-state index is 4.05. The first-order valence-electron chi connectivity index (χ1n) is 3.52.